The lowest BCUT2D eigenvalue weighted by Crippen LogP contribution is -2.30. The van der Waals surface area contributed by atoms with Gasteiger partial charge in [0, 0.05) is 19.3 Å². The Morgan fingerprint density at radius 2 is 0.529 bits per heavy atom. The number of carbonyl (C=O) groups is 3. The number of esters is 3. The summed E-state index contributed by atoms with van der Waals surface area (Å²) in [5.41, 5.74) is 0. The van der Waals surface area contributed by atoms with Gasteiger partial charge in [-0.25, -0.2) is 0 Å². The fraction of sp³-hybridized carbons (Fsp3) is 0.823. The third-order valence-corrected chi connectivity index (χ3v) is 13.0. The minimum absolute atomic E-state index is 0.0797. The van der Waals surface area contributed by atoms with Crippen LogP contribution in [0.25, 0.3) is 0 Å². The first kappa shape index (κ1) is 65.4. The average molecular weight is 954 g/mol. The van der Waals surface area contributed by atoms with Crippen molar-refractivity contribution in [3.05, 3.63) is 48.6 Å². The second-order valence-electron chi connectivity index (χ2n) is 19.9. The number of ether oxygens (including phenoxy) is 3. The zero-order valence-electron chi connectivity index (χ0n) is 45.4. The Morgan fingerprint density at radius 1 is 0.294 bits per heavy atom. The van der Waals surface area contributed by atoms with Gasteiger partial charge in [0.15, 0.2) is 6.10 Å². The summed E-state index contributed by atoms with van der Waals surface area (Å²) in [7, 11) is 0. The van der Waals surface area contributed by atoms with Crippen LogP contribution in [0.15, 0.2) is 48.6 Å². The molecule has 0 saturated carbocycles. The van der Waals surface area contributed by atoms with E-state index in [4.69, 9.17) is 14.2 Å². The molecule has 396 valence electrons. The number of carbonyl (C=O) groups excluding carboxylic acids is 3. The van der Waals surface area contributed by atoms with E-state index in [1.165, 1.54) is 193 Å². The molecule has 1 atom stereocenters. The van der Waals surface area contributed by atoms with Crippen molar-refractivity contribution in [2.24, 2.45) is 0 Å². The Balaban J connectivity index is 4.37. The molecule has 0 aliphatic rings. The Bertz CT molecular complexity index is 1190. The fourth-order valence-electron chi connectivity index (χ4n) is 8.52. The van der Waals surface area contributed by atoms with E-state index in [-0.39, 0.29) is 31.1 Å². The lowest BCUT2D eigenvalue weighted by molar-refractivity contribution is -0.167. The molecule has 6 nitrogen and oxygen atoms in total. The summed E-state index contributed by atoms with van der Waals surface area (Å²) in [5.74, 6) is -0.886. The van der Waals surface area contributed by atoms with Gasteiger partial charge in [0.1, 0.15) is 13.2 Å². The summed E-state index contributed by atoms with van der Waals surface area (Å²) in [5, 5.41) is 0. The first-order valence-electron chi connectivity index (χ1n) is 29.6. The number of rotatable bonds is 54. The Kier molecular flexibility index (Phi) is 54.8. The van der Waals surface area contributed by atoms with Gasteiger partial charge in [-0.3, -0.25) is 14.4 Å². The van der Waals surface area contributed by atoms with E-state index in [0.29, 0.717) is 19.3 Å². The van der Waals surface area contributed by atoms with Gasteiger partial charge in [-0.2, -0.15) is 0 Å². The van der Waals surface area contributed by atoms with Crippen LogP contribution in [-0.4, -0.2) is 37.2 Å². The van der Waals surface area contributed by atoms with Crippen molar-refractivity contribution >= 4 is 17.9 Å². The van der Waals surface area contributed by atoms with Crippen LogP contribution in [0.4, 0.5) is 0 Å². The van der Waals surface area contributed by atoms with Gasteiger partial charge in [0.25, 0.3) is 0 Å². The molecule has 0 saturated heterocycles. The molecule has 0 aliphatic carbocycles. The first-order chi connectivity index (χ1) is 33.5. The predicted molar refractivity (Wildman–Crippen MR) is 293 cm³/mol. The summed E-state index contributed by atoms with van der Waals surface area (Å²) in [4.78, 5) is 38.2. The first-order valence-corrected chi connectivity index (χ1v) is 29.6. The molecule has 0 aromatic heterocycles. The summed E-state index contributed by atoms with van der Waals surface area (Å²) >= 11 is 0. The molecule has 0 amide bonds. The molecule has 0 aromatic rings. The SMILES string of the molecule is CCCCC/C=C\C/C=C\CCCCCCCCCC(=O)O[C@H](COC(=O)CCCCCCC/C=C\CCCCCCC)COC(=O)CCCCCCCCC/C=C\CCCCCCCCCC. The molecule has 0 N–H and O–H groups in total. The fourth-order valence-corrected chi connectivity index (χ4v) is 8.52. The maximum absolute atomic E-state index is 12.9. The monoisotopic (exact) mass is 953 g/mol. The van der Waals surface area contributed by atoms with E-state index >= 15 is 0 Å². The molecule has 0 heterocycles. The van der Waals surface area contributed by atoms with E-state index < -0.39 is 6.10 Å². The Labute approximate surface area is 422 Å². The molecule has 68 heavy (non-hydrogen) atoms. The summed E-state index contributed by atoms with van der Waals surface area (Å²) in [6.45, 7) is 6.62. The molecule has 0 aliphatic heterocycles. The Hall–Kier alpha value is -2.63. The summed E-state index contributed by atoms with van der Waals surface area (Å²) < 4.78 is 16.9. The van der Waals surface area contributed by atoms with Gasteiger partial charge >= 0.3 is 17.9 Å². The minimum Gasteiger partial charge on any atom is -0.462 e. The highest BCUT2D eigenvalue weighted by atomic mass is 16.6. The van der Waals surface area contributed by atoms with Crippen LogP contribution in [0.3, 0.4) is 0 Å². The van der Waals surface area contributed by atoms with Crippen molar-refractivity contribution in [2.45, 2.75) is 316 Å². The molecule has 0 fully saturated rings. The Morgan fingerprint density at radius 3 is 0.853 bits per heavy atom. The van der Waals surface area contributed by atoms with Gasteiger partial charge in [0.05, 0.1) is 0 Å². The van der Waals surface area contributed by atoms with Gasteiger partial charge in [0.2, 0.25) is 0 Å². The second-order valence-corrected chi connectivity index (χ2v) is 19.9. The minimum atomic E-state index is -0.782. The number of allylic oxidation sites excluding steroid dienone is 8. The van der Waals surface area contributed by atoms with Gasteiger partial charge < -0.3 is 14.2 Å². The van der Waals surface area contributed by atoms with E-state index in [9.17, 15) is 14.4 Å². The second kappa shape index (κ2) is 57.0. The molecule has 0 bridgehead atoms. The molecule has 0 spiro atoms. The number of hydrogen-bond donors (Lipinski definition) is 0. The van der Waals surface area contributed by atoms with Gasteiger partial charge in [-0.15, -0.1) is 0 Å². The summed E-state index contributed by atoms with van der Waals surface area (Å²) in [6, 6.07) is 0. The maximum atomic E-state index is 12.9. The van der Waals surface area contributed by atoms with Crippen LogP contribution in [0, 0.1) is 0 Å². The normalized spacial score (nSPS) is 12.3. The van der Waals surface area contributed by atoms with Crippen molar-refractivity contribution in [3.8, 4) is 0 Å². The highest BCUT2D eigenvalue weighted by Crippen LogP contribution is 2.15. The molecule has 0 radical (unpaired) electrons. The topological polar surface area (TPSA) is 78.9 Å². The van der Waals surface area contributed by atoms with Crippen molar-refractivity contribution in [1.82, 2.24) is 0 Å². The van der Waals surface area contributed by atoms with Gasteiger partial charge in [-0.1, -0.05) is 236 Å². The highest BCUT2D eigenvalue weighted by molar-refractivity contribution is 5.71. The van der Waals surface area contributed by atoms with E-state index in [0.717, 1.165) is 77.0 Å². The number of hydrogen-bond acceptors (Lipinski definition) is 6. The molecular weight excluding hydrogens is 841 g/mol. The maximum Gasteiger partial charge on any atom is 0.306 e. The molecule has 6 heteroatoms. The largest absolute Gasteiger partial charge is 0.462 e. The lowest BCUT2D eigenvalue weighted by Gasteiger charge is -2.18. The smallest absolute Gasteiger partial charge is 0.306 e. The average Bonchev–Trinajstić information content (AvgIpc) is 3.34. The van der Waals surface area contributed by atoms with Crippen LogP contribution >= 0.6 is 0 Å². The highest BCUT2D eigenvalue weighted by Gasteiger charge is 2.19. The zero-order valence-corrected chi connectivity index (χ0v) is 45.4. The van der Waals surface area contributed by atoms with Crippen LogP contribution in [-0.2, 0) is 28.6 Å². The van der Waals surface area contributed by atoms with E-state index in [1.54, 1.807) is 0 Å². The van der Waals surface area contributed by atoms with E-state index in [2.05, 4.69) is 69.4 Å². The van der Waals surface area contributed by atoms with Crippen LogP contribution < -0.4 is 0 Å². The summed E-state index contributed by atoms with van der Waals surface area (Å²) in [6.07, 6.45) is 69.5. The number of unbranched alkanes of at least 4 members (excludes halogenated alkanes) is 35. The zero-order chi connectivity index (χ0) is 49.3. The quantitative estimate of drug-likeness (QED) is 0.0262. The standard InChI is InChI=1S/C62H112O6/c1-4-7-10-13-16-19-22-25-28-30-31-33-34-37-40-43-46-49-52-55-61(64)67-58-59(57-66-60(63)54-51-48-45-42-39-36-27-24-21-18-15-12-9-6-3)68-62(65)56-53-50-47-44-41-38-35-32-29-26-23-20-17-14-11-8-5-2/h17,20,24,26-27,29-31,59H,4-16,18-19,21-23,25,28,32-58H2,1-3H3/b20-17-,27-24-,29-26-,31-30-/t59-/m1/s1. The molecule has 0 aromatic carbocycles. The van der Waals surface area contributed by atoms with Crippen LogP contribution in [0.1, 0.15) is 310 Å². The van der Waals surface area contributed by atoms with Crippen molar-refractivity contribution in [2.75, 3.05) is 13.2 Å². The van der Waals surface area contributed by atoms with Crippen molar-refractivity contribution in [1.29, 1.82) is 0 Å². The molecule has 0 rings (SSSR count). The van der Waals surface area contributed by atoms with Crippen molar-refractivity contribution < 1.29 is 28.6 Å². The molecule has 0 unspecified atom stereocenters. The van der Waals surface area contributed by atoms with E-state index in [1.807, 2.05) is 0 Å². The van der Waals surface area contributed by atoms with Crippen molar-refractivity contribution in [3.63, 3.8) is 0 Å². The third-order valence-electron chi connectivity index (χ3n) is 13.0. The predicted octanol–water partition coefficient (Wildman–Crippen LogP) is 19.8. The van der Waals surface area contributed by atoms with Crippen LogP contribution in [0.2, 0.25) is 0 Å². The van der Waals surface area contributed by atoms with Gasteiger partial charge in [-0.05, 0) is 103 Å². The molecular formula is C62H112O6. The lowest BCUT2D eigenvalue weighted by atomic mass is 10.1. The van der Waals surface area contributed by atoms with Crippen LogP contribution in [0.5, 0.6) is 0 Å². The third kappa shape index (κ3) is 54.3.